The molecule has 0 unspecified atom stereocenters. The second-order valence-corrected chi connectivity index (χ2v) is 9.86. The summed E-state index contributed by atoms with van der Waals surface area (Å²) >= 11 is 0. The van der Waals surface area contributed by atoms with E-state index in [0.29, 0.717) is 0 Å². The van der Waals surface area contributed by atoms with Crippen molar-refractivity contribution in [3.63, 3.8) is 0 Å². The van der Waals surface area contributed by atoms with Crippen molar-refractivity contribution in [1.82, 2.24) is 0 Å². The van der Waals surface area contributed by atoms with Gasteiger partial charge >= 0.3 is 0 Å². The van der Waals surface area contributed by atoms with Crippen molar-refractivity contribution in [1.29, 1.82) is 0 Å². The fourth-order valence-corrected chi connectivity index (χ4v) is 3.92. The lowest BCUT2D eigenvalue weighted by Gasteiger charge is -2.18. The molecule has 0 saturated heterocycles. The minimum absolute atomic E-state index is 0.0451. The van der Waals surface area contributed by atoms with E-state index >= 15 is 0 Å². The first kappa shape index (κ1) is 16.8. The van der Waals surface area contributed by atoms with Crippen LogP contribution in [0, 0.1) is 0 Å². The van der Waals surface area contributed by atoms with Crippen LogP contribution in [0.25, 0.3) is 0 Å². The molecule has 0 heterocycles. The molecule has 0 spiro atoms. The number of carbonyl (C=O) groups is 2. The van der Waals surface area contributed by atoms with Gasteiger partial charge in [-0.05, 0) is 36.4 Å². The molecule has 0 saturated carbocycles. The highest BCUT2D eigenvalue weighted by Gasteiger charge is 2.31. The Morgan fingerprint density at radius 3 is 1.58 bits per heavy atom. The van der Waals surface area contributed by atoms with E-state index in [4.69, 9.17) is 10.7 Å². The van der Waals surface area contributed by atoms with Crippen LogP contribution in [0.1, 0.15) is 31.8 Å². The number of hydrogen-bond donors (Lipinski definition) is 0. The first-order valence-corrected chi connectivity index (χ1v) is 10.7. The van der Waals surface area contributed by atoms with Gasteiger partial charge in [0.1, 0.15) is 0 Å². The Hall–Kier alpha value is -2.03. The van der Waals surface area contributed by atoms with Crippen molar-refractivity contribution in [2.75, 3.05) is 6.26 Å². The molecule has 6 nitrogen and oxygen atoms in total. The maximum Gasteiger partial charge on any atom is 0.261 e. The van der Waals surface area contributed by atoms with E-state index in [0.717, 1.165) is 24.5 Å². The van der Waals surface area contributed by atoms with Crippen LogP contribution in [0.3, 0.4) is 0 Å². The molecule has 0 atom stereocenters. The highest BCUT2D eigenvalue weighted by Crippen LogP contribution is 2.31. The highest BCUT2D eigenvalue weighted by molar-refractivity contribution is 8.13. The van der Waals surface area contributed by atoms with Gasteiger partial charge < -0.3 is 0 Å². The first-order chi connectivity index (χ1) is 11.0. The second-order valence-electron chi connectivity index (χ2n) is 5.28. The lowest BCUT2D eigenvalue weighted by atomic mass is 9.84. The van der Waals surface area contributed by atoms with Gasteiger partial charge in [0.15, 0.2) is 21.4 Å². The SMILES string of the molecule is CS(=O)(=O)c1ccc2c(c1)C(=O)c1cc(S(=O)(=O)Cl)ccc1C2=O. The van der Waals surface area contributed by atoms with E-state index in [1.807, 2.05) is 0 Å². The van der Waals surface area contributed by atoms with Crippen molar-refractivity contribution in [2.45, 2.75) is 9.79 Å². The summed E-state index contributed by atoms with van der Waals surface area (Å²) in [6.07, 6.45) is 0.982. The Morgan fingerprint density at radius 2 is 1.12 bits per heavy atom. The van der Waals surface area contributed by atoms with Crippen LogP contribution in [0.15, 0.2) is 46.2 Å². The maximum absolute atomic E-state index is 12.6. The van der Waals surface area contributed by atoms with Crippen LogP contribution in [0.5, 0.6) is 0 Å². The van der Waals surface area contributed by atoms with Crippen molar-refractivity contribution in [3.8, 4) is 0 Å². The molecular formula is C15H9ClO6S2. The normalized spacial score (nSPS) is 14.2. The average Bonchev–Trinajstić information content (AvgIpc) is 2.49. The molecule has 24 heavy (non-hydrogen) atoms. The highest BCUT2D eigenvalue weighted by atomic mass is 35.7. The number of carbonyl (C=O) groups excluding carboxylic acids is 2. The molecule has 0 radical (unpaired) electrons. The topological polar surface area (TPSA) is 102 Å². The number of halogens is 1. The van der Waals surface area contributed by atoms with Crippen molar-refractivity contribution in [2.24, 2.45) is 0 Å². The van der Waals surface area contributed by atoms with Crippen molar-refractivity contribution < 1.29 is 26.4 Å². The molecule has 1 aliphatic rings. The van der Waals surface area contributed by atoms with Crippen LogP contribution in [0.4, 0.5) is 0 Å². The largest absolute Gasteiger partial charge is 0.289 e. The average molecular weight is 385 g/mol. The van der Waals surface area contributed by atoms with Gasteiger partial charge in [0.25, 0.3) is 9.05 Å². The Bertz CT molecular complexity index is 1040. The van der Waals surface area contributed by atoms with Crippen LogP contribution in [0.2, 0.25) is 0 Å². The zero-order chi connectivity index (χ0) is 17.9. The second kappa shape index (κ2) is 5.23. The Balaban J connectivity index is 2.27. The fourth-order valence-electron chi connectivity index (χ4n) is 2.49. The third-order valence-electron chi connectivity index (χ3n) is 3.67. The van der Waals surface area contributed by atoms with Gasteiger partial charge in [-0.3, -0.25) is 9.59 Å². The summed E-state index contributed by atoms with van der Waals surface area (Å²) in [5.41, 5.74) is -0.0931. The number of ketones is 2. The van der Waals surface area contributed by atoms with Crippen molar-refractivity contribution >= 4 is 41.1 Å². The zero-order valence-corrected chi connectivity index (χ0v) is 14.5. The monoisotopic (exact) mass is 384 g/mol. The Labute approximate surface area is 142 Å². The maximum atomic E-state index is 12.6. The van der Waals surface area contributed by atoms with E-state index < -0.39 is 30.5 Å². The number of rotatable bonds is 2. The minimum atomic E-state index is -4.07. The predicted molar refractivity (Wildman–Crippen MR) is 85.9 cm³/mol. The number of sulfone groups is 1. The number of hydrogen-bond acceptors (Lipinski definition) is 6. The van der Waals surface area contributed by atoms with Gasteiger partial charge in [-0.1, -0.05) is 0 Å². The molecular weight excluding hydrogens is 376 g/mol. The summed E-state index contributed by atoms with van der Waals surface area (Å²) in [6.45, 7) is 0. The van der Waals surface area contributed by atoms with E-state index in [2.05, 4.69) is 0 Å². The third-order valence-corrected chi connectivity index (χ3v) is 6.13. The molecule has 3 rings (SSSR count). The van der Waals surface area contributed by atoms with Gasteiger partial charge in [0.05, 0.1) is 9.79 Å². The summed E-state index contributed by atoms with van der Waals surface area (Å²) in [7, 11) is -2.37. The molecule has 0 fully saturated rings. The number of benzene rings is 2. The van der Waals surface area contributed by atoms with Crippen LogP contribution >= 0.6 is 10.7 Å². The number of fused-ring (bicyclic) bond motifs is 2. The fraction of sp³-hybridized carbons (Fsp3) is 0.0667. The molecule has 9 heteroatoms. The molecule has 1 aliphatic carbocycles. The van der Waals surface area contributed by atoms with E-state index in [9.17, 15) is 26.4 Å². The molecule has 0 aromatic heterocycles. The first-order valence-electron chi connectivity index (χ1n) is 6.52. The van der Waals surface area contributed by atoms with Crippen LogP contribution in [-0.2, 0) is 18.9 Å². The Morgan fingerprint density at radius 1 is 0.708 bits per heavy atom. The molecule has 0 N–H and O–H groups in total. The Kier molecular flexibility index (Phi) is 3.67. The van der Waals surface area contributed by atoms with Gasteiger partial charge in [-0.25, -0.2) is 16.8 Å². The van der Waals surface area contributed by atoms with Crippen molar-refractivity contribution in [3.05, 3.63) is 58.7 Å². The van der Waals surface area contributed by atoms with Crippen LogP contribution in [-0.4, -0.2) is 34.7 Å². The zero-order valence-electron chi connectivity index (χ0n) is 12.1. The summed E-state index contributed by atoms with van der Waals surface area (Å²) in [4.78, 5) is 24.7. The van der Waals surface area contributed by atoms with Crippen LogP contribution < -0.4 is 0 Å². The van der Waals surface area contributed by atoms with E-state index in [1.54, 1.807) is 0 Å². The summed E-state index contributed by atoms with van der Waals surface area (Å²) in [5, 5.41) is 0. The lowest BCUT2D eigenvalue weighted by Crippen LogP contribution is -2.21. The van der Waals surface area contributed by atoms with Gasteiger partial charge in [-0.15, -0.1) is 0 Å². The molecule has 0 aliphatic heterocycles. The predicted octanol–water partition coefficient (Wildman–Crippen LogP) is 1.79. The molecule has 2 aromatic rings. The standard InChI is InChI=1S/C15H9ClO6S2/c1-23(19,20)8-2-4-10-12(6-8)15(18)13-7-9(24(16,21)22)3-5-11(13)14(10)17/h2-7H,1H3. The molecule has 0 bridgehead atoms. The third kappa shape index (κ3) is 2.66. The summed E-state index contributed by atoms with van der Waals surface area (Å²) in [6, 6.07) is 7.03. The molecule has 0 amide bonds. The van der Waals surface area contributed by atoms with Gasteiger partial charge in [-0.2, -0.15) is 0 Å². The quantitative estimate of drug-likeness (QED) is 0.624. The van der Waals surface area contributed by atoms with Gasteiger partial charge in [0.2, 0.25) is 0 Å². The molecule has 124 valence electrons. The van der Waals surface area contributed by atoms with E-state index in [1.165, 1.54) is 18.2 Å². The minimum Gasteiger partial charge on any atom is -0.289 e. The summed E-state index contributed by atoms with van der Waals surface area (Å²) in [5.74, 6) is -1.12. The van der Waals surface area contributed by atoms with Gasteiger partial charge in [0, 0.05) is 39.2 Å². The lowest BCUT2D eigenvalue weighted by molar-refractivity contribution is 0.0978. The summed E-state index contributed by atoms with van der Waals surface area (Å²) < 4.78 is 46.1. The smallest absolute Gasteiger partial charge is 0.261 e. The molecule has 2 aromatic carbocycles. The van der Waals surface area contributed by atoms with E-state index in [-0.39, 0.29) is 32.0 Å².